The standard InChI is InChI=1S/C34H45F3N2O3Si/c1-20(2)30-29(31(40)22-10-11-24(34(35,36)37)23(16-22)19-38)27(21-12-14-41-15-13-21)28-25(39-30)17-33(6,7)18-26(28)42-43(8,9)32(3,4)5/h10-12,16,20,26,31,40H,13-15,17-18H2,1-9H3/t26?,31-/m1/s1. The Morgan fingerprint density at radius 3 is 2.40 bits per heavy atom. The number of pyridine rings is 1. The molecule has 1 aromatic carbocycles. The van der Waals surface area contributed by atoms with Gasteiger partial charge in [0, 0.05) is 22.5 Å². The van der Waals surface area contributed by atoms with Crippen molar-refractivity contribution in [1.82, 2.24) is 4.98 Å². The van der Waals surface area contributed by atoms with Gasteiger partial charge in [0.1, 0.15) is 6.10 Å². The second kappa shape index (κ2) is 11.8. The van der Waals surface area contributed by atoms with E-state index in [1.54, 1.807) is 6.07 Å². The summed E-state index contributed by atoms with van der Waals surface area (Å²) < 4.78 is 53.7. The molecule has 1 N–H and O–H groups in total. The predicted octanol–water partition coefficient (Wildman–Crippen LogP) is 9.02. The highest BCUT2D eigenvalue weighted by Crippen LogP contribution is 2.51. The minimum atomic E-state index is -4.68. The molecule has 1 aliphatic carbocycles. The number of alkyl halides is 3. The summed E-state index contributed by atoms with van der Waals surface area (Å²) >= 11 is 0. The molecule has 1 aliphatic heterocycles. The number of aromatic nitrogens is 1. The topological polar surface area (TPSA) is 75.4 Å². The average molecular weight is 615 g/mol. The minimum absolute atomic E-state index is 0.0333. The summed E-state index contributed by atoms with van der Waals surface area (Å²) in [6, 6.07) is 5.00. The van der Waals surface area contributed by atoms with Gasteiger partial charge in [-0.05, 0) is 77.6 Å². The highest BCUT2D eigenvalue weighted by atomic mass is 28.4. The number of ether oxygens (including phenoxy) is 1. The molecule has 2 heterocycles. The van der Waals surface area contributed by atoms with Gasteiger partial charge in [-0.25, -0.2) is 0 Å². The Morgan fingerprint density at radius 2 is 1.86 bits per heavy atom. The molecule has 1 aromatic heterocycles. The lowest BCUT2D eigenvalue weighted by Crippen LogP contribution is -2.44. The molecule has 0 saturated carbocycles. The van der Waals surface area contributed by atoms with E-state index in [0.29, 0.717) is 30.9 Å². The van der Waals surface area contributed by atoms with E-state index >= 15 is 0 Å². The zero-order valence-electron chi connectivity index (χ0n) is 26.9. The Kier molecular flexibility index (Phi) is 9.14. The first kappa shape index (κ1) is 33.4. The molecule has 0 spiro atoms. The highest BCUT2D eigenvalue weighted by molar-refractivity contribution is 6.74. The van der Waals surface area contributed by atoms with Gasteiger partial charge in [0.15, 0.2) is 8.32 Å². The van der Waals surface area contributed by atoms with Crippen LogP contribution in [0.15, 0.2) is 24.3 Å². The largest absolute Gasteiger partial charge is 0.417 e. The number of aliphatic hydroxyl groups excluding tert-OH is 1. The number of rotatable bonds is 6. The molecule has 2 aromatic rings. The smallest absolute Gasteiger partial charge is 0.410 e. The molecule has 0 bridgehead atoms. The second-order valence-electron chi connectivity index (χ2n) is 14.6. The number of hydrogen-bond donors (Lipinski definition) is 1. The van der Waals surface area contributed by atoms with Crippen LogP contribution in [0.25, 0.3) is 5.57 Å². The van der Waals surface area contributed by atoms with Crippen molar-refractivity contribution in [2.75, 3.05) is 13.2 Å². The van der Waals surface area contributed by atoms with Crippen molar-refractivity contribution in [3.8, 4) is 6.07 Å². The number of nitriles is 1. The quantitative estimate of drug-likeness (QED) is 0.329. The molecule has 0 saturated heterocycles. The Hall–Kier alpha value is -2.51. The molecule has 234 valence electrons. The van der Waals surface area contributed by atoms with Crippen LogP contribution in [-0.2, 0) is 21.8 Å². The Labute approximate surface area is 255 Å². The van der Waals surface area contributed by atoms with E-state index in [4.69, 9.17) is 14.1 Å². The molecule has 9 heteroatoms. The van der Waals surface area contributed by atoms with Gasteiger partial charge in [-0.2, -0.15) is 18.4 Å². The molecular formula is C34H45F3N2O3Si. The van der Waals surface area contributed by atoms with Crippen LogP contribution >= 0.6 is 0 Å². The zero-order valence-corrected chi connectivity index (χ0v) is 27.9. The Morgan fingerprint density at radius 1 is 1.19 bits per heavy atom. The summed E-state index contributed by atoms with van der Waals surface area (Å²) in [5.74, 6) is -0.0798. The van der Waals surface area contributed by atoms with Crippen LogP contribution in [0, 0.1) is 16.7 Å². The molecule has 5 nitrogen and oxygen atoms in total. The molecule has 4 rings (SSSR count). The van der Waals surface area contributed by atoms with E-state index < -0.39 is 31.7 Å². The minimum Gasteiger partial charge on any atom is -0.410 e. The fourth-order valence-corrected chi connectivity index (χ4v) is 7.25. The normalized spacial score (nSPS) is 19.9. The summed E-state index contributed by atoms with van der Waals surface area (Å²) in [7, 11) is -2.25. The van der Waals surface area contributed by atoms with Crippen LogP contribution in [0.3, 0.4) is 0 Å². The third-order valence-electron chi connectivity index (χ3n) is 9.22. The Bertz CT molecular complexity index is 1450. The van der Waals surface area contributed by atoms with Crippen molar-refractivity contribution in [2.45, 2.75) is 110 Å². The number of hydrogen-bond acceptors (Lipinski definition) is 5. The molecular weight excluding hydrogens is 569 g/mol. The maximum atomic E-state index is 13.6. The maximum absolute atomic E-state index is 13.6. The SMILES string of the molecule is CC(C)c1nc2c(c(C3=CCOCC3)c1[C@H](O)c1ccc(C(F)(F)F)c(C#N)c1)C(O[Si](C)(C)C(C)(C)C)CC(C)(C)C2. The molecule has 0 radical (unpaired) electrons. The molecule has 2 aliphatic rings. The summed E-state index contributed by atoms with van der Waals surface area (Å²) in [6.45, 7) is 20.5. The first-order valence-electron chi connectivity index (χ1n) is 15.1. The van der Waals surface area contributed by atoms with E-state index in [9.17, 15) is 23.5 Å². The van der Waals surface area contributed by atoms with Gasteiger partial charge < -0.3 is 14.3 Å². The number of nitrogens with zero attached hydrogens (tertiary/aromatic N) is 2. The van der Waals surface area contributed by atoms with Crippen molar-refractivity contribution >= 4 is 13.9 Å². The van der Waals surface area contributed by atoms with Crippen LogP contribution < -0.4 is 0 Å². The van der Waals surface area contributed by atoms with Crippen molar-refractivity contribution < 1.29 is 27.4 Å². The van der Waals surface area contributed by atoms with Crippen LogP contribution in [0.1, 0.15) is 124 Å². The monoisotopic (exact) mass is 614 g/mol. The zero-order chi connectivity index (χ0) is 32.1. The first-order valence-corrected chi connectivity index (χ1v) is 18.0. The fourth-order valence-electron chi connectivity index (χ4n) is 5.98. The molecule has 1 unspecified atom stereocenters. The highest BCUT2D eigenvalue weighted by Gasteiger charge is 2.45. The maximum Gasteiger partial charge on any atom is 0.417 e. The van der Waals surface area contributed by atoms with E-state index in [1.165, 1.54) is 6.07 Å². The van der Waals surface area contributed by atoms with Gasteiger partial charge in [-0.1, -0.05) is 60.6 Å². The van der Waals surface area contributed by atoms with Crippen LogP contribution in [0.4, 0.5) is 13.2 Å². The third kappa shape index (κ3) is 6.78. The summed E-state index contributed by atoms with van der Waals surface area (Å²) in [6.07, 6.45) is -2.06. The van der Waals surface area contributed by atoms with Gasteiger partial charge in [0.2, 0.25) is 0 Å². The predicted molar refractivity (Wildman–Crippen MR) is 165 cm³/mol. The molecule has 2 atom stereocenters. The van der Waals surface area contributed by atoms with Crippen molar-refractivity contribution in [2.24, 2.45) is 5.41 Å². The number of benzene rings is 1. The lowest BCUT2D eigenvalue weighted by molar-refractivity contribution is -0.137. The number of aliphatic hydroxyl groups is 1. The van der Waals surface area contributed by atoms with E-state index in [1.807, 2.05) is 19.9 Å². The van der Waals surface area contributed by atoms with Crippen molar-refractivity contribution in [3.63, 3.8) is 0 Å². The summed E-state index contributed by atoms with van der Waals surface area (Å²) in [4.78, 5) is 5.22. The average Bonchev–Trinajstić information content (AvgIpc) is 2.89. The van der Waals surface area contributed by atoms with E-state index in [-0.39, 0.29) is 28.0 Å². The second-order valence-corrected chi connectivity index (χ2v) is 19.3. The van der Waals surface area contributed by atoms with Gasteiger partial charge >= 0.3 is 6.18 Å². The van der Waals surface area contributed by atoms with Crippen LogP contribution in [-0.4, -0.2) is 31.6 Å². The van der Waals surface area contributed by atoms with Crippen molar-refractivity contribution in [1.29, 1.82) is 5.26 Å². The van der Waals surface area contributed by atoms with Crippen LogP contribution in [0.5, 0.6) is 0 Å². The Balaban J connectivity index is 2.05. The summed E-state index contributed by atoms with van der Waals surface area (Å²) in [5.41, 5.74) is 3.72. The van der Waals surface area contributed by atoms with Crippen molar-refractivity contribution in [3.05, 3.63) is 69.0 Å². The molecule has 0 fully saturated rings. The lowest BCUT2D eigenvalue weighted by atomic mass is 9.71. The van der Waals surface area contributed by atoms with Gasteiger partial charge in [-0.15, -0.1) is 0 Å². The van der Waals surface area contributed by atoms with Gasteiger partial charge in [-0.3, -0.25) is 4.98 Å². The number of fused-ring (bicyclic) bond motifs is 1. The van der Waals surface area contributed by atoms with Gasteiger partial charge in [0.25, 0.3) is 0 Å². The first-order chi connectivity index (χ1) is 19.8. The summed E-state index contributed by atoms with van der Waals surface area (Å²) in [5, 5.41) is 21.6. The van der Waals surface area contributed by atoms with E-state index in [2.05, 4.69) is 47.7 Å². The number of halogens is 3. The van der Waals surface area contributed by atoms with E-state index in [0.717, 1.165) is 47.4 Å². The third-order valence-corrected chi connectivity index (χ3v) is 13.7. The van der Waals surface area contributed by atoms with Crippen LogP contribution in [0.2, 0.25) is 18.1 Å². The lowest BCUT2D eigenvalue weighted by Gasteiger charge is -2.45. The molecule has 43 heavy (non-hydrogen) atoms. The fraction of sp³-hybridized carbons (Fsp3) is 0.588. The molecule has 0 amide bonds. The van der Waals surface area contributed by atoms with Gasteiger partial charge in [0.05, 0.1) is 36.5 Å².